The van der Waals surface area contributed by atoms with Gasteiger partial charge in [0.25, 0.3) is 0 Å². The van der Waals surface area contributed by atoms with Crippen LogP contribution in [0.15, 0.2) is 51.2 Å². The molecule has 0 amide bonds. The lowest BCUT2D eigenvalue weighted by Gasteiger charge is -2.39. The van der Waals surface area contributed by atoms with Crippen LogP contribution >= 0.6 is 0 Å². The van der Waals surface area contributed by atoms with Gasteiger partial charge in [-0.25, -0.2) is 4.79 Å². The molecule has 2 aliphatic rings. The van der Waals surface area contributed by atoms with Gasteiger partial charge in [-0.2, -0.15) is 0 Å². The molecule has 4 rings (SSSR count). The highest BCUT2D eigenvalue weighted by molar-refractivity contribution is 5.77. The van der Waals surface area contributed by atoms with E-state index in [1.54, 1.807) is 12.1 Å². The predicted molar refractivity (Wildman–Crippen MR) is 111 cm³/mol. The van der Waals surface area contributed by atoms with Gasteiger partial charge in [0.2, 0.25) is 0 Å². The van der Waals surface area contributed by atoms with E-state index in [-0.39, 0.29) is 16.6 Å². The number of hydrogen-bond donors (Lipinski definition) is 0. The summed E-state index contributed by atoms with van der Waals surface area (Å²) in [5.74, 6) is 1.31. The van der Waals surface area contributed by atoms with Gasteiger partial charge in [-0.3, -0.25) is 0 Å². The molecular weight excluding hydrogens is 352 g/mol. The summed E-state index contributed by atoms with van der Waals surface area (Å²) in [6.07, 6.45) is 7.18. The Kier molecular flexibility index (Phi) is 4.86. The molecule has 3 heterocycles. The molecule has 0 radical (unpaired) electrons. The molecule has 1 aromatic heterocycles. The molecule has 1 aromatic carbocycles. The lowest BCUT2D eigenvalue weighted by Crippen LogP contribution is -2.40. The molecule has 4 nitrogen and oxygen atoms in total. The van der Waals surface area contributed by atoms with Crippen LogP contribution in [0.5, 0.6) is 5.75 Å². The summed E-state index contributed by atoms with van der Waals surface area (Å²) >= 11 is 0. The van der Waals surface area contributed by atoms with E-state index in [2.05, 4.69) is 33.8 Å². The van der Waals surface area contributed by atoms with Crippen LogP contribution in [0.4, 0.5) is 0 Å². The Balaban J connectivity index is 1.33. The summed E-state index contributed by atoms with van der Waals surface area (Å²) in [6, 6.07) is 8.77. The molecule has 2 fully saturated rings. The molecule has 0 N–H and O–H groups in total. The Morgan fingerprint density at radius 1 is 1.25 bits per heavy atom. The van der Waals surface area contributed by atoms with E-state index < -0.39 is 0 Å². The van der Waals surface area contributed by atoms with E-state index in [0.29, 0.717) is 30.0 Å². The number of fused-ring (bicyclic) bond motifs is 3. The topological polar surface area (TPSA) is 48.7 Å². The molecular formula is C24H30O4. The first-order valence-corrected chi connectivity index (χ1v) is 10.3. The molecule has 0 spiro atoms. The molecule has 2 bridgehead atoms. The summed E-state index contributed by atoms with van der Waals surface area (Å²) < 4.78 is 17.4. The Hall–Kier alpha value is -2.07. The number of allylic oxidation sites excluding steroid dienone is 1. The van der Waals surface area contributed by atoms with Gasteiger partial charge in [0.1, 0.15) is 17.9 Å². The molecule has 0 aliphatic carbocycles. The minimum absolute atomic E-state index is 0.0555. The van der Waals surface area contributed by atoms with Gasteiger partial charge in [0, 0.05) is 17.5 Å². The summed E-state index contributed by atoms with van der Waals surface area (Å²) in [4.78, 5) is 11.4. The highest BCUT2D eigenvalue weighted by Crippen LogP contribution is 2.59. The average molecular weight is 383 g/mol. The molecule has 150 valence electrons. The highest BCUT2D eigenvalue weighted by atomic mass is 16.5. The largest absolute Gasteiger partial charge is 0.489 e. The van der Waals surface area contributed by atoms with E-state index in [4.69, 9.17) is 13.9 Å². The van der Waals surface area contributed by atoms with E-state index >= 15 is 0 Å². The number of rotatable bonds is 6. The summed E-state index contributed by atoms with van der Waals surface area (Å²) in [6.45, 7) is 9.72. The van der Waals surface area contributed by atoms with Crippen LogP contribution in [-0.4, -0.2) is 18.3 Å². The first-order valence-electron chi connectivity index (χ1n) is 10.3. The van der Waals surface area contributed by atoms with Crippen molar-refractivity contribution in [2.75, 3.05) is 6.61 Å². The molecule has 0 saturated carbocycles. The maximum atomic E-state index is 11.4. The van der Waals surface area contributed by atoms with Crippen LogP contribution in [0.2, 0.25) is 0 Å². The van der Waals surface area contributed by atoms with Crippen LogP contribution in [0.3, 0.4) is 0 Å². The van der Waals surface area contributed by atoms with Crippen molar-refractivity contribution in [3.63, 3.8) is 0 Å². The zero-order valence-corrected chi connectivity index (χ0v) is 17.3. The van der Waals surface area contributed by atoms with E-state index in [0.717, 1.165) is 18.2 Å². The Morgan fingerprint density at radius 3 is 2.79 bits per heavy atom. The van der Waals surface area contributed by atoms with Gasteiger partial charge in [0.05, 0.1) is 11.7 Å². The van der Waals surface area contributed by atoms with Crippen LogP contribution < -0.4 is 10.4 Å². The summed E-state index contributed by atoms with van der Waals surface area (Å²) in [7, 11) is 0. The second-order valence-corrected chi connectivity index (χ2v) is 9.19. The van der Waals surface area contributed by atoms with Gasteiger partial charge < -0.3 is 13.9 Å². The van der Waals surface area contributed by atoms with Gasteiger partial charge in [0.15, 0.2) is 0 Å². The van der Waals surface area contributed by atoms with Crippen molar-refractivity contribution in [2.24, 2.45) is 11.3 Å². The normalized spacial score (nSPS) is 28.8. The van der Waals surface area contributed by atoms with E-state index in [1.807, 2.05) is 12.1 Å². The second-order valence-electron chi connectivity index (χ2n) is 9.19. The van der Waals surface area contributed by atoms with Crippen molar-refractivity contribution in [3.05, 3.63) is 52.4 Å². The zero-order valence-electron chi connectivity index (χ0n) is 17.3. The Morgan fingerprint density at radius 2 is 2.04 bits per heavy atom. The lowest BCUT2D eigenvalue weighted by atomic mass is 9.62. The van der Waals surface area contributed by atoms with Crippen molar-refractivity contribution >= 4 is 11.0 Å². The van der Waals surface area contributed by atoms with Crippen molar-refractivity contribution in [1.29, 1.82) is 0 Å². The van der Waals surface area contributed by atoms with Crippen molar-refractivity contribution < 1.29 is 13.9 Å². The number of hydrogen-bond acceptors (Lipinski definition) is 4. The van der Waals surface area contributed by atoms with E-state index in [1.165, 1.54) is 24.5 Å². The first kappa shape index (κ1) is 19.3. The van der Waals surface area contributed by atoms with E-state index in [9.17, 15) is 4.79 Å². The third kappa shape index (κ3) is 3.50. The minimum atomic E-state index is -0.346. The minimum Gasteiger partial charge on any atom is -0.489 e. The molecule has 2 aliphatic heterocycles. The second kappa shape index (κ2) is 7.07. The maximum absolute atomic E-state index is 11.4. The molecule has 4 heteroatoms. The fourth-order valence-electron chi connectivity index (χ4n) is 5.21. The molecule has 3 unspecified atom stereocenters. The van der Waals surface area contributed by atoms with Gasteiger partial charge in [-0.05, 0) is 75.1 Å². The molecule has 2 saturated heterocycles. The van der Waals surface area contributed by atoms with Crippen LogP contribution in [-0.2, 0) is 4.74 Å². The third-order valence-corrected chi connectivity index (χ3v) is 6.88. The monoisotopic (exact) mass is 382 g/mol. The smallest absolute Gasteiger partial charge is 0.336 e. The molecule has 2 aromatic rings. The van der Waals surface area contributed by atoms with Crippen molar-refractivity contribution in [1.82, 2.24) is 0 Å². The highest BCUT2D eigenvalue weighted by Gasteiger charge is 2.60. The standard InChI is InChI=1S/C24H30O4/c1-16(5-9-20-23(2,3)21-11-13-24(20,4)28-21)12-14-26-18-8-6-17-7-10-22(25)27-19(17)15-18/h6-8,10,12,15,20-21H,5,9,11,13-14H2,1-4H3. The average Bonchev–Trinajstić information content (AvgIpc) is 3.12. The maximum Gasteiger partial charge on any atom is 0.336 e. The zero-order chi connectivity index (χ0) is 19.9. The Labute approximate surface area is 166 Å². The fraction of sp³-hybridized carbons (Fsp3) is 0.542. The quantitative estimate of drug-likeness (QED) is 0.489. The van der Waals surface area contributed by atoms with Crippen molar-refractivity contribution in [2.45, 2.75) is 65.1 Å². The van der Waals surface area contributed by atoms with Gasteiger partial charge in [-0.15, -0.1) is 0 Å². The van der Waals surface area contributed by atoms with Crippen molar-refractivity contribution in [3.8, 4) is 5.75 Å². The predicted octanol–water partition coefficient (Wildman–Crippen LogP) is 5.49. The first-order chi connectivity index (χ1) is 13.3. The summed E-state index contributed by atoms with van der Waals surface area (Å²) in [5, 5.41) is 0.892. The lowest BCUT2D eigenvalue weighted by molar-refractivity contribution is 0.00469. The molecule has 3 atom stereocenters. The van der Waals surface area contributed by atoms with Gasteiger partial charge in [-0.1, -0.05) is 19.4 Å². The number of ether oxygens (including phenoxy) is 2. The summed E-state index contributed by atoms with van der Waals surface area (Å²) in [5.41, 5.74) is 1.87. The van der Waals surface area contributed by atoms with Crippen LogP contribution in [0.25, 0.3) is 11.0 Å². The molecule has 28 heavy (non-hydrogen) atoms. The fourth-order valence-corrected chi connectivity index (χ4v) is 5.21. The Bertz CT molecular complexity index is 950. The third-order valence-electron chi connectivity index (χ3n) is 6.88. The van der Waals surface area contributed by atoms with Gasteiger partial charge >= 0.3 is 5.63 Å². The number of benzene rings is 1. The van der Waals surface area contributed by atoms with Crippen LogP contribution in [0.1, 0.15) is 53.4 Å². The SMILES string of the molecule is CC(=CCOc1ccc2ccc(=O)oc2c1)CCC1C2(C)CCC(O2)C1(C)C. The van der Waals surface area contributed by atoms with Crippen LogP contribution in [0, 0.1) is 11.3 Å².